The van der Waals surface area contributed by atoms with Crippen molar-refractivity contribution in [2.24, 2.45) is 28.6 Å². The van der Waals surface area contributed by atoms with E-state index in [1.807, 2.05) is 6.07 Å². The van der Waals surface area contributed by atoms with Crippen molar-refractivity contribution in [3.05, 3.63) is 34.4 Å². The minimum absolute atomic E-state index is 0.0612. The Bertz CT molecular complexity index is 1020. The van der Waals surface area contributed by atoms with Crippen LogP contribution in [-0.4, -0.2) is 29.6 Å². The molecule has 32 heavy (non-hydrogen) atoms. The van der Waals surface area contributed by atoms with Crippen LogP contribution in [0.3, 0.4) is 0 Å². The zero-order valence-corrected chi connectivity index (χ0v) is 19.1. The van der Waals surface area contributed by atoms with Crippen LogP contribution in [0.1, 0.15) is 77.2 Å². The van der Waals surface area contributed by atoms with Crippen LogP contribution in [0, 0.1) is 28.6 Å². The molecule has 4 saturated carbocycles. The summed E-state index contributed by atoms with van der Waals surface area (Å²) in [5.74, 6) is 1.47. The minimum Gasteiger partial charge on any atom is -0.459 e. The van der Waals surface area contributed by atoms with Gasteiger partial charge in [-0.05, 0) is 66.9 Å². The quantitative estimate of drug-likeness (QED) is 0.510. The predicted molar refractivity (Wildman–Crippen MR) is 115 cm³/mol. The average Bonchev–Trinajstić information content (AvgIpc) is 3.44. The lowest BCUT2D eigenvalue weighted by Gasteiger charge is -2.60. The molecular weight excluding hydrogens is 408 g/mol. The number of epoxide rings is 1. The standard InChI is InChI=1S/C26H32O6/c1-14(27)31-22-21(15-4-7-20(29)30-13-15)25(3)11-9-18-19(26(25)23(22)32-26)6-5-16-12-17(28)8-10-24(16,18)2/h4,7,13,16,18-19,21-23H,5-6,8-12H2,1-3H3/t16-,18+,19?,21+,22-,23-,24+,25-,26-/m1/s1. The molecule has 0 aromatic carbocycles. The monoisotopic (exact) mass is 440 g/mol. The van der Waals surface area contributed by atoms with Gasteiger partial charge in [-0.1, -0.05) is 13.8 Å². The summed E-state index contributed by atoms with van der Waals surface area (Å²) in [6, 6.07) is 3.28. The molecule has 0 radical (unpaired) electrons. The molecule has 1 aromatic rings. The molecule has 1 unspecified atom stereocenters. The fourth-order valence-corrected chi connectivity index (χ4v) is 8.91. The summed E-state index contributed by atoms with van der Waals surface area (Å²) in [5, 5.41) is 0. The zero-order chi connectivity index (χ0) is 22.5. The molecular formula is C26H32O6. The molecule has 2 heterocycles. The number of carbonyl (C=O) groups is 2. The topological polar surface area (TPSA) is 86.1 Å². The number of hydrogen-bond donors (Lipinski definition) is 0. The molecule has 1 aromatic heterocycles. The Labute approximate surface area is 188 Å². The molecule has 0 bridgehead atoms. The van der Waals surface area contributed by atoms with Gasteiger partial charge in [-0.3, -0.25) is 9.59 Å². The van der Waals surface area contributed by atoms with Crippen LogP contribution in [0.5, 0.6) is 0 Å². The van der Waals surface area contributed by atoms with E-state index in [9.17, 15) is 14.4 Å². The molecule has 6 nitrogen and oxygen atoms in total. The lowest BCUT2D eigenvalue weighted by atomic mass is 9.44. The molecule has 172 valence electrons. The average molecular weight is 441 g/mol. The normalized spacial score (nSPS) is 48.8. The van der Waals surface area contributed by atoms with Crippen LogP contribution in [0.15, 0.2) is 27.6 Å². The van der Waals surface area contributed by atoms with Crippen LogP contribution < -0.4 is 5.63 Å². The molecule has 6 heteroatoms. The smallest absolute Gasteiger partial charge is 0.335 e. The second kappa shape index (κ2) is 6.55. The van der Waals surface area contributed by atoms with Crippen molar-refractivity contribution in [2.75, 3.05) is 0 Å². The van der Waals surface area contributed by atoms with E-state index in [0.717, 1.165) is 44.1 Å². The molecule has 5 fully saturated rings. The fraction of sp³-hybridized carbons (Fsp3) is 0.731. The van der Waals surface area contributed by atoms with Crippen molar-refractivity contribution in [2.45, 2.75) is 89.4 Å². The van der Waals surface area contributed by atoms with E-state index >= 15 is 0 Å². The number of ether oxygens (including phenoxy) is 2. The van der Waals surface area contributed by atoms with Gasteiger partial charge in [0.05, 0.1) is 6.26 Å². The van der Waals surface area contributed by atoms with Crippen molar-refractivity contribution in [3.8, 4) is 0 Å². The number of ketones is 1. The molecule has 0 amide bonds. The Morgan fingerprint density at radius 1 is 1.09 bits per heavy atom. The summed E-state index contributed by atoms with van der Waals surface area (Å²) in [5.41, 5.74) is 0.200. The van der Waals surface area contributed by atoms with Crippen molar-refractivity contribution < 1.29 is 23.5 Å². The molecule has 5 aliphatic rings. The highest BCUT2D eigenvalue weighted by atomic mass is 16.7. The summed E-state index contributed by atoms with van der Waals surface area (Å²) in [7, 11) is 0. The number of esters is 1. The van der Waals surface area contributed by atoms with E-state index in [1.54, 1.807) is 6.26 Å². The van der Waals surface area contributed by atoms with Crippen molar-refractivity contribution in [3.63, 3.8) is 0 Å². The Hall–Kier alpha value is -1.95. The van der Waals surface area contributed by atoms with Gasteiger partial charge in [0.1, 0.15) is 23.6 Å². The van der Waals surface area contributed by atoms with Crippen LogP contribution >= 0.6 is 0 Å². The lowest BCUT2D eigenvalue weighted by Crippen LogP contribution is -2.58. The van der Waals surface area contributed by atoms with E-state index in [2.05, 4.69) is 13.8 Å². The maximum atomic E-state index is 12.2. The molecule has 9 atom stereocenters. The van der Waals surface area contributed by atoms with Crippen LogP contribution in [0.2, 0.25) is 0 Å². The van der Waals surface area contributed by atoms with E-state index < -0.39 is 0 Å². The van der Waals surface area contributed by atoms with Gasteiger partial charge >= 0.3 is 11.6 Å². The van der Waals surface area contributed by atoms with Gasteiger partial charge < -0.3 is 13.9 Å². The first-order valence-corrected chi connectivity index (χ1v) is 12.2. The summed E-state index contributed by atoms with van der Waals surface area (Å²) in [4.78, 5) is 35.9. The fourth-order valence-electron chi connectivity index (χ4n) is 8.91. The number of fused-ring (bicyclic) bond motifs is 3. The van der Waals surface area contributed by atoms with Gasteiger partial charge in [0.25, 0.3) is 0 Å². The third-order valence-electron chi connectivity index (χ3n) is 10.3. The van der Waals surface area contributed by atoms with Crippen LogP contribution in [0.4, 0.5) is 0 Å². The highest BCUT2D eigenvalue weighted by Gasteiger charge is 2.84. The number of rotatable bonds is 2. The summed E-state index contributed by atoms with van der Waals surface area (Å²) >= 11 is 0. The Morgan fingerprint density at radius 2 is 1.91 bits per heavy atom. The van der Waals surface area contributed by atoms with Crippen LogP contribution in [-0.2, 0) is 19.1 Å². The number of Topliss-reactive ketones (excluding diaryl/α,β-unsaturated/α-hetero) is 1. The van der Waals surface area contributed by atoms with Gasteiger partial charge in [0.2, 0.25) is 0 Å². The van der Waals surface area contributed by atoms with Gasteiger partial charge in [0.15, 0.2) is 0 Å². The minimum atomic E-state index is -0.376. The lowest BCUT2D eigenvalue weighted by molar-refractivity contribution is -0.157. The molecule has 1 aliphatic heterocycles. The molecule has 1 spiro atoms. The molecule has 0 N–H and O–H groups in total. The molecule has 1 saturated heterocycles. The second-order valence-electron chi connectivity index (χ2n) is 11.5. The molecule has 6 rings (SSSR count). The highest BCUT2D eigenvalue weighted by molar-refractivity contribution is 5.79. The van der Waals surface area contributed by atoms with Crippen LogP contribution in [0.25, 0.3) is 0 Å². The Kier molecular flexibility index (Phi) is 4.23. The Morgan fingerprint density at radius 3 is 2.62 bits per heavy atom. The third kappa shape index (κ3) is 2.48. The number of carbonyl (C=O) groups excluding carboxylic acids is 2. The highest BCUT2D eigenvalue weighted by Crippen LogP contribution is 2.78. The summed E-state index contributed by atoms with van der Waals surface area (Å²) in [6.07, 6.45) is 7.67. The Balaban J connectivity index is 1.41. The van der Waals surface area contributed by atoms with Gasteiger partial charge in [0, 0.05) is 37.2 Å². The molecule has 4 aliphatic carbocycles. The van der Waals surface area contributed by atoms with Crippen molar-refractivity contribution in [1.82, 2.24) is 0 Å². The summed E-state index contributed by atoms with van der Waals surface area (Å²) < 4.78 is 17.8. The first-order chi connectivity index (χ1) is 15.2. The van der Waals surface area contributed by atoms with Crippen molar-refractivity contribution in [1.29, 1.82) is 0 Å². The predicted octanol–water partition coefficient (Wildman–Crippen LogP) is 4.01. The van der Waals surface area contributed by atoms with E-state index in [1.165, 1.54) is 13.0 Å². The zero-order valence-electron chi connectivity index (χ0n) is 19.1. The SMILES string of the molecule is CC(=O)O[C@H]1[C@H]2O[C@]23C2CC[C@@H]4CC(=O)CC[C@]4(C)[C@H]2CC[C@]3(C)[C@H]1c1ccc(=O)oc1. The first kappa shape index (κ1) is 20.6. The summed E-state index contributed by atoms with van der Waals surface area (Å²) in [6.45, 7) is 6.16. The van der Waals surface area contributed by atoms with E-state index in [-0.39, 0.29) is 46.2 Å². The van der Waals surface area contributed by atoms with E-state index in [4.69, 9.17) is 13.9 Å². The van der Waals surface area contributed by atoms with Gasteiger partial charge in [-0.15, -0.1) is 0 Å². The maximum Gasteiger partial charge on any atom is 0.335 e. The van der Waals surface area contributed by atoms with Crippen molar-refractivity contribution >= 4 is 11.8 Å². The van der Waals surface area contributed by atoms with E-state index in [0.29, 0.717) is 30.0 Å². The third-order valence-corrected chi connectivity index (χ3v) is 10.3. The van der Waals surface area contributed by atoms with Gasteiger partial charge in [-0.25, -0.2) is 4.79 Å². The number of hydrogen-bond acceptors (Lipinski definition) is 6. The van der Waals surface area contributed by atoms with Gasteiger partial charge in [-0.2, -0.15) is 0 Å². The largest absolute Gasteiger partial charge is 0.459 e. The maximum absolute atomic E-state index is 12.2. The first-order valence-electron chi connectivity index (χ1n) is 12.2. The second-order valence-corrected chi connectivity index (χ2v) is 11.5.